The van der Waals surface area contributed by atoms with Crippen molar-refractivity contribution in [3.63, 3.8) is 0 Å². The summed E-state index contributed by atoms with van der Waals surface area (Å²) in [6.07, 6.45) is 6.09. The summed E-state index contributed by atoms with van der Waals surface area (Å²) in [7, 11) is 1.48. The zero-order valence-corrected chi connectivity index (χ0v) is 13.8. The number of allylic oxidation sites excluding steroid dienone is 1. The van der Waals surface area contributed by atoms with Crippen LogP contribution >= 0.6 is 0 Å². The van der Waals surface area contributed by atoms with Crippen LogP contribution in [0.5, 0.6) is 0 Å². The number of hydrogen-bond acceptors (Lipinski definition) is 4. The normalized spacial score (nSPS) is 48.8. The number of alkyl halides is 1. The summed E-state index contributed by atoms with van der Waals surface area (Å²) in [5.74, 6) is -0.672. The first kappa shape index (κ1) is 15.7. The quantitative estimate of drug-likeness (QED) is 0.589. The number of carbonyl (C=O) groups excluding carboxylic acids is 1. The molecule has 2 saturated carbocycles. The van der Waals surface area contributed by atoms with Gasteiger partial charge in [0.15, 0.2) is 12.0 Å². The summed E-state index contributed by atoms with van der Waals surface area (Å²) in [6.45, 7) is 2.52. The van der Waals surface area contributed by atoms with Crippen molar-refractivity contribution in [1.29, 1.82) is 0 Å². The summed E-state index contributed by atoms with van der Waals surface area (Å²) < 4.78 is 31.1. The molecule has 4 aliphatic rings. The molecule has 1 spiro atoms. The molecule has 128 valence electrons. The van der Waals surface area contributed by atoms with E-state index in [2.05, 4.69) is 6.08 Å². The molecule has 0 aromatic heterocycles. The minimum atomic E-state index is -1.49. The van der Waals surface area contributed by atoms with Crippen LogP contribution in [-0.2, 0) is 19.0 Å². The molecule has 0 bridgehead atoms. The molecular weight excluding hydrogens is 299 g/mol. The first-order valence-electron chi connectivity index (χ1n) is 8.70. The highest BCUT2D eigenvalue weighted by Gasteiger charge is 2.73. The van der Waals surface area contributed by atoms with Crippen LogP contribution in [0.25, 0.3) is 0 Å². The number of halogens is 1. The van der Waals surface area contributed by atoms with E-state index in [9.17, 15) is 9.18 Å². The zero-order valence-electron chi connectivity index (χ0n) is 13.8. The Hall–Kier alpha value is -0.780. The first-order chi connectivity index (χ1) is 11.0. The van der Waals surface area contributed by atoms with Crippen molar-refractivity contribution in [3.8, 4) is 0 Å². The molecule has 0 aromatic rings. The summed E-state index contributed by atoms with van der Waals surface area (Å²) in [5, 5.41) is 0. The van der Waals surface area contributed by atoms with Gasteiger partial charge < -0.3 is 14.2 Å². The fourth-order valence-corrected chi connectivity index (χ4v) is 4.75. The molecule has 2 saturated heterocycles. The molecule has 4 fully saturated rings. The van der Waals surface area contributed by atoms with E-state index >= 15 is 0 Å². The number of Topliss-reactive ketones (excluding diaryl/α,β-unsaturated/α-hetero) is 1. The molecule has 0 aromatic carbocycles. The molecule has 23 heavy (non-hydrogen) atoms. The maximum Gasteiger partial charge on any atom is 0.196 e. The summed E-state index contributed by atoms with van der Waals surface area (Å²) in [5.41, 5.74) is 0.493. The topological polar surface area (TPSA) is 51.4 Å². The molecule has 0 amide bonds. The highest BCUT2D eigenvalue weighted by atomic mass is 19.1. The van der Waals surface area contributed by atoms with Crippen molar-refractivity contribution in [2.45, 2.75) is 75.0 Å². The van der Waals surface area contributed by atoms with Gasteiger partial charge in [-0.05, 0) is 39.0 Å². The number of ether oxygens (including phenoxy) is 3. The Morgan fingerprint density at radius 3 is 2.70 bits per heavy atom. The van der Waals surface area contributed by atoms with E-state index in [1.807, 2.05) is 6.92 Å². The van der Waals surface area contributed by atoms with Crippen LogP contribution in [0.4, 0.5) is 4.39 Å². The average molecular weight is 324 g/mol. The van der Waals surface area contributed by atoms with Crippen molar-refractivity contribution in [2.24, 2.45) is 5.92 Å². The van der Waals surface area contributed by atoms with E-state index in [1.165, 1.54) is 38.4 Å². The molecule has 4 nitrogen and oxygen atoms in total. The highest BCUT2D eigenvalue weighted by Crippen LogP contribution is 2.59. The largest absolute Gasteiger partial charge is 0.373 e. The number of rotatable bonds is 4. The maximum atomic E-state index is 14.0. The van der Waals surface area contributed by atoms with Gasteiger partial charge >= 0.3 is 0 Å². The number of ketones is 1. The van der Waals surface area contributed by atoms with Crippen molar-refractivity contribution in [1.82, 2.24) is 0 Å². The van der Waals surface area contributed by atoms with E-state index < -0.39 is 29.3 Å². The van der Waals surface area contributed by atoms with Crippen molar-refractivity contribution >= 4 is 5.78 Å². The van der Waals surface area contributed by atoms with Crippen LogP contribution in [0.15, 0.2) is 11.6 Å². The monoisotopic (exact) mass is 324 g/mol. The van der Waals surface area contributed by atoms with Crippen LogP contribution < -0.4 is 0 Å². The lowest BCUT2D eigenvalue weighted by Gasteiger charge is -2.38. The Morgan fingerprint density at radius 2 is 2.09 bits per heavy atom. The third-order valence-electron chi connectivity index (χ3n) is 6.21. The van der Waals surface area contributed by atoms with Crippen molar-refractivity contribution in [3.05, 3.63) is 11.6 Å². The van der Waals surface area contributed by atoms with Crippen molar-refractivity contribution in [2.75, 3.05) is 13.7 Å². The Morgan fingerprint density at radius 1 is 1.39 bits per heavy atom. The van der Waals surface area contributed by atoms with Gasteiger partial charge in [-0.2, -0.15) is 0 Å². The van der Waals surface area contributed by atoms with Crippen LogP contribution in [0.1, 0.15) is 45.4 Å². The Bertz CT molecular complexity index is 533. The van der Waals surface area contributed by atoms with E-state index in [-0.39, 0.29) is 18.4 Å². The van der Waals surface area contributed by atoms with E-state index in [1.54, 1.807) is 0 Å². The lowest BCUT2D eigenvalue weighted by Crippen LogP contribution is -2.56. The van der Waals surface area contributed by atoms with Gasteiger partial charge in [0.2, 0.25) is 0 Å². The molecule has 4 rings (SSSR count). The second kappa shape index (κ2) is 5.36. The van der Waals surface area contributed by atoms with E-state index in [0.717, 1.165) is 6.42 Å². The van der Waals surface area contributed by atoms with Gasteiger partial charge in [-0.3, -0.25) is 4.79 Å². The summed E-state index contributed by atoms with van der Waals surface area (Å²) >= 11 is 0. The minimum Gasteiger partial charge on any atom is -0.373 e. The SMILES string of the molecule is CO[C@@H]1C(=O)[C@@H](F)C[C@]2(CO2)[C@H]1[C@@]1(C)O[C@@H]1CC=C1CCCC1. The van der Waals surface area contributed by atoms with Gasteiger partial charge in [-0.15, -0.1) is 0 Å². The number of epoxide rings is 2. The predicted molar refractivity (Wildman–Crippen MR) is 81.9 cm³/mol. The lowest BCUT2D eigenvalue weighted by molar-refractivity contribution is -0.150. The lowest BCUT2D eigenvalue weighted by atomic mass is 9.68. The van der Waals surface area contributed by atoms with E-state index in [4.69, 9.17) is 14.2 Å². The molecule has 0 radical (unpaired) electrons. The third-order valence-corrected chi connectivity index (χ3v) is 6.21. The maximum absolute atomic E-state index is 14.0. The minimum absolute atomic E-state index is 0.0725. The van der Waals surface area contributed by atoms with Crippen LogP contribution in [0, 0.1) is 5.92 Å². The molecule has 2 aliphatic heterocycles. The molecule has 6 atom stereocenters. The Balaban J connectivity index is 1.51. The molecule has 2 heterocycles. The molecule has 2 aliphatic carbocycles. The predicted octanol–water partition coefficient (Wildman–Crippen LogP) is 2.75. The molecule has 5 heteroatoms. The third kappa shape index (κ3) is 2.48. The second-order valence-electron chi connectivity index (χ2n) is 7.66. The van der Waals surface area contributed by atoms with Crippen LogP contribution in [0.3, 0.4) is 0 Å². The Labute approximate surface area is 136 Å². The summed E-state index contributed by atoms with van der Waals surface area (Å²) in [6, 6.07) is 0. The van der Waals surface area contributed by atoms with Gasteiger partial charge in [-0.25, -0.2) is 4.39 Å². The number of hydrogen-bond donors (Lipinski definition) is 0. The fraction of sp³-hybridized carbons (Fsp3) is 0.833. The zero-order chi connectivity index (χ0) is 16.2. The van der Waals surface area contributed by atoms with E-state index in [0.29, 0.717) is 6.61 Å². The number of carbonyl (C=O) groups is 1. The van der Waals surface area contributed by atoms with Crippen LogP contribution in [0.2, 0.25) is 0 Å². The average Bonchev–Trinajstić information content (AvgIpc) is 3.35. The van der Waals surface area contributed by atoms with Crippen LogP contribution in [-0.4, -0.2) is 49.1 Å². The van der Waals surface area contributed by atoms with Gasteiger partial charge in [0.25, 0.3) is 0 Å². The highest BCUT2D eigenvalue weighted by molar-refractivity contribution is 5.89. The smallest absolute Gasteiger partial charge is 0.196 e. The number of methoxy groups -OCH3 is 1. The van der Waals surface area contributed by atoms with Gasteiger partial charge in [-0.1, -0.05) is 11.6 Å². The van der Waals surface area contributed by atoms with Gasteiger partial charge in [0.05, 0.1) is 18.6 Å². The molecule has 0 unspecified atom stereocenters. The first-order valence-corrected chi connectivity index (χ1v) is 8.70. The van der Waals surface area contributed by atoms with Gasteiger partial charge in [0, 0.05) is 13.5 Å². The van der Waals surface area contributed by atoms with Crippen molar-refractivity contribution < 1.29 is 23.4 Å². The molecular formula is C18H25FO4. The van der Waals surface area contributed by atoms with Gasteiger partial charge in [0.1, 0.15) is 17.3 Å². The molecule has 0 N–H and O–H groups in total. The second-order valence-corrected chi connectivity index (χ2v) is 7.66. The Kier molecular flexibility index (Phi) is 3.67. The standard InChI is InChI=1S/C18H25FO4/c1-17(13(23-17)8-7-11-5-3-4-6-11)16-15(21-2)14(20)12(19)9-18(16)10-22-18/h7,12-13,15-16H,3-6,8-10H2,1-2H3/t12-,13+,15+,16+,17-,18-/m0/s1. The fourth-order valence-electron chi connectivity index (χ4n) is 4.75. The summed E-state index contributed by atoms with van der Waals surface area (Å²) in [4.78, 5) is 12.2.